The van der Waals surface area contributed by atoms with Gasteiger partial charge in [-0.3, -0.25) is 48.4 Å². The summed E-state index contributed by atoms with van der Waals surface area (Å²) in [6.45, 7) is 19.8. The van der Waals surface area contributed by atoms with Crippen LogP contribution in [0.1, 0.15) is 118 Å². The number of fused-ring (bicyclic) bond motifs is 12. The van der Waals surface area contributed by atoms with Gasteiger partial charge in [-0.1, -0.05) is 26.0 Å². The number of piperazine rings is 2. The van der Waals surface area contributed by atoms with E-state index in [4.69, 9.17) is 0 Å². The summed E-state index contributed by atoms with van der Waals surface area (Å²) in [6, 6.07) is 5.32. The average molecular weight is 1010 g/mol. The molecule has 16 nitrogen and oxygen atoms in total. The van der Waals surface area contributed by atoms with Gasteiger partial charge in [-0.15, -0.1) is 0 Å². The number of aryl methyl sites for hydroxylation is 2. The number of nitrogens with one attached hydrogen (secondary N) is 2. The molecule has 10 atom stereocenters. The molecule has 2 aromatic carbocycles. The van der Waals surface area contributed by atoms with Gasteiger partial charge in [0.15, 0.2) is 23.1 Å². The Balaban J connectivity index is 0.000000182. The molecule has 0 spiro atoms. The van der Waals surface area contributed by atoms with Crippen molar-refractivity contribution in [3.8, 4) is 23.6 Å². The van der Waals surface area contributed by atoms with Gasteiger partial charge in [0.05, 0.1) is 36.3 Å². The highest BCUT2D eigenvalue weighted by Gasteiger charge is 2.59. The van der Waals surface area contributed by atoms with Crippen molar-refractivity contribution in [2.24, 2.45) is 5.92 Å². The number of phenols is 2. The number of ketones is 4. The van der Waals surface area contributed by atoms with Gasteiger partial charge >= 0.3 is 0 Å². The number of likely N-dealkylation sites (N-methyl/N-ethyl adjacent to an activating group) is 2. The first-order valence-electron chi connectivity index (χ1n) is 25.8. The Bertz CT molecular complexity index is 3130. The van der Waals surface area contributed by atoms with E-state index in [1.54, 1.807) is 41.5 Å². The number of benzene rings is 2. The molecule has 0 radical (unpaired) electrons. The van der Waals surface area contributed by atoms with Gasteiger partial charge in [0.25, 0.3) is 0 Å². The van der Waals surface area contributed by atoms with Crippen molar-refractivity contribution in [3.63, 3.8) is 0 Å². The van der Waals surface area contributed by atoms with Crippen LogP contribution in [-0.2, 0) is 41.6 Å². The summed E-state index contributed by atoms with van der Waals surface area (Å²) < 4.78 is 0. The molecule has 8 aliphatic rings. The summed E-state index contributed by atoms with van der Waals surface area (Å²) in [6.07, 6.45) is 1.76. The van der Waals surface area contributed by atoms with Gasteiger partial charge in [-0.2, -0.15) is 10.5 Å². The number of carbonyl (C=O) groups is 6. The van der Waals surface area contributed by atoms with Gasteiger partial charge in [0.1, 0.15) is 23.6 Å². The van der Waals surface area contributed by atoms with Crippen LogP contribution in [0, 0.1) is 56.3 Å². The topological polar surface area (TPSA) is 227 Å². The third kappa shape index (κ3) is 7.73. The number of phenolic OH excluding ortho intramolecular Hbond substituents is 2. The fraction of sp³-hybridized carbons (Fsp3) is 0.517. The summed E-state index contributed by atoms with van der Waals surface area (Å²) in [5.41, 5.74) is 10.9. The smallest absolute Gasteiger partial charge is 0.222 e. The number of allylic oxidation sites excluding steroid dienone is 4. The molecule has 2 unspecified atom stereocenters. The number of hydrogen-bond acceptors (Lipinski definition) is 14. The van der Waals surface area contributed by atoms with E-state index in [0.717, 1.165) is 44.5 Å². The SMILES string of the molecule is CC(=O)NC[C@H]1C2=C(CC3[C@H]4c5c(cc(C)c(C)c5O)C[C@@H]([C@H](C#N)N31)N4C)C(=O)C(C)=C(C)C2=O.CC1=C(C)C(=O)C2=C(CC3[C@H]4c5c(cc(C)c(C)c5O)C[C@@H]([C@H](C#N)N3[C@H]2CNC(=O)C(C)C)N4C)C1=O. The summed E-state index contributed by atoms with van der Waals surface area (Å²) in [5.74, 6) is -0.785. The van der Waals surface area contributed by atoms with E-state index in [0.29, 0.717) is 70.3 Å². The van der Waals surface area contributed by atoms with E-state index >= 15 is 0 Å². The van der Waals surface area contributed by atoms with Crippen LogP contribution in [0.3, 0.4) is 0 Å². The fourth-order valence-corrected chi connectivity index (χ4v) is 13.8. The summed E-state index contributed by atoms with van der Waals surface area (Å²) in [4.78, 5) is 87.3. The number of carbonyl (C=O) groups excluding carboxylic acids is 6. The summed E-state index contributed by atoms with van der Waals surface area (Å²) in [7, 11) is 3.96. The molecule has 388 valence electrons. The first-order chi connectivity index (χ1) is 34.9. The standard InChI is InChI=1S/C30H36N4O4.C28H32N4O4/c1-13(2)30(38)32-12-23-25-19(27(35)16(5)17(6)29(25)37)10-21-26-24-18(8-14(3)15(4)28(24)36)9-20(33(26)7)22(11-31)34(21)23;1-12-7-17-8-19-21(10-29)32-20(25(31(19)6)23(17)27(35)13(12)2)9-18-24(22(32)11-30-16(5)33)28(36)15(4)14(3)26(18)34/h8,13,20-23,26,36H,9-10,12H2,1-7H3,(H,32,38);7,19-22,25,35H,8-9,11H2,1-6H3,(H,30,33)/t20-,21?,22-,23-,26-;19-,20?,21-,22-,25-/m00/s1. The second-order valence-corrected chi connectivity index (χ2v) is 22.3. The minimum Gasteiger partial charge on any atom is -0.507 e. The second-order valence-electron chi connectivity index (χ2n) is 22.3. The van der Waals surface area contributed by atoms with Crippen LogP contribution in [0.15, 0.2) is 56.7 Å². The average Bonchev–Trinajstić information content (AvgIpc) is 3.36. The Hall–Kier alpha value is -6.56. The van der Waals surface area contributed by atoms with Crippen molar-refractivity contribution in [1.82, 2.24) is 30.2 Å². The molecule has 0 aromatic heterocycles. The maximum atomic E-state index is 13.7. The molecule has 16 heteroatoms. The van der Waals surface area contributed by atoms with Crippen molar-refractivity contribution in [2.75, 3.05) is 27.2 Å². The molecule has 74 heavy (non-hydrogen) atoms. The Morgan fingerprint density at radius 2 is 0.973 bits per heavy atom. The zero-order valence-corrected chi connectivity index (χ0v) is 44.8. The number of rotatable bonds is 5. The van der Waals surface area contributed by atoms with Crippen LogP contribution < -0.4 is 10.6 Å². The molecule has 2 aromatic rings. The molecule has 10 rings (SSSR count). The molecule has 2 saturated heterocycles. The lowest BCUT2D eigenvalue weighted by molar-refractivity contribution is -0.125. The van der Waals surface area contributed by atoms with E-state index in [1.807, 2.05) is 41.8 Å². The maximum absolute atomic E-state index is 13.7. The molecule has 2 fully saturated rings. The Kier molecular flexibility index (Phi) is 13.4. The predicted molar refractivity (Wildman–Crippen MR) is 275 cm³/mol. The van der Waals surface area contributed by atoms with Crippen molar-refractivity contribution < 1.29 is 39.0 Å². The minimum absolute atomic E-state index is 0.128. The molecular weight excluding hydrogens is 937 g/mol. The van der Waals surface area contributed by atoms with Crippen molar-refractivity contribution in [3.05, 3.63) is 101 Å². The summed E-state index contributed by atoms with van der Waals surface area (Å²) >= 11 is 0. The lowest BCUT2D eigenvalue weighted by Gasteiger charge is -2.60. The van der Waals surface area contributed by atoms with Crippen molar-refractivity contribution in [1.29, 1.82) is 10.5 Å². The van der Waals surface area contributed by atoms with Gasteiger partial charge in [-0.05, 0) is 129 Å². The van der Waals surface area contributed by atoms with E-state index in [9.17, 15) is 49.5 Å². The van der Waals surface area contributed by atoms with E-state index in [2.05, 4.69) is 54.5 Å². The van der Waals surface area contributed by atoms with Gasteiger partial charge in [-0.25, -0.2) is 0 Å². The Morgan fingerprint density at radius 1 is 0.608 bits per heavy atom. The predicted octanol–water partition coefficient (Wildman–Crippen LogP) is 4.99. The minimum atomic E-state index is -0.621. The fourth-order valence-electron chi connectivity index (χ4n) is 13.8. The number of nitriles is 2. The molecule has 6 aliphatic heterocycles. The normalized spacial score (nSPS) is 29.6. The van der Waals surface area contributed by atoms with Crippen LogP contribution in [0.4, 0.5) is 0 Å². The highest BCUT2D eigenvalue weighted by atomic mass is 16.3. The number of aromatic hydroxyl groups is 2. The molecule has 6 heterocycles. The number of hydrogen-bond donors (Lipinski definition) is 4. The quantitative estimate of drug-likeness (QED) is 0.290. The third-order valence-corrected chi connectivity index (χ3v) is 18.3. The zero-order chi connectivity index (χ0) is 54.0. The molecule has 2 amide bonds. The van der Waals surface area contributed by atoms with Gasteiger partial charge in [0.2, 0.25) is 11.8 Å². The van der Waals surface area contributed by atoms with Crippen molar-refractivity contribution in [2.45, 2.75) is 162 Å². The number of amides is 2. The highest BCUT2D eigenvalue weighted by Crippen LogP contribution is 2.54. The van der Waals surface area contributed by atoms with Crippen LogP contribution in [0.25, 0.3) is 0 Å². The van der Waals surface area contributed by atoms with Crippen LogP contribution in [-0.4, -0.2) is 140 Å². The van der Waals surface area contributed by atoms with Crippen LogP contribution >= 0.6 is 0 Å². The molecule has 4 bridgehead atoms. The first-order valence-corrected chi connectivity index (χ1v) is 25.8. The van der Waals surface area contributed by atoms with Gasteiger partial charge < -0.3 is 20.8 Å². The number of nitrogens with zero attached hydrogens (tertiary/aromatic N) is 6. The van der Waals surface area contributed by atoms with Crippen LogP contribution in [0.5, 0.6) is 11.5 Å². The number of Topliss-reactive ketones (excluding diaryl/α,β-unsaturated/α-hetero) is 4. The van der Waals surface area contributed by atoms with Crippen LogP contribution in [0.2, 0.25) is 0 Å². The third-order valence-electron chi connectivity index (χ3n) is 18.3. The molecule has 4 N–H and O–H groups in total. The zero-order valence-electron chi connectivity index (χ0n) is 44.8. The van der Waals surface area contributed by atoms with E-state index < -0.39 is 24.2 Å². The lowest BCUT2D eigenvalue weighted by atomic mass is 9.69. The van der Waals surface area contributed by atoms with E-state index in [1.165, 1.54) is 6.92 Å². The molecule has 0 saturated carbocycles. The molecule has 2 aliphatic carbocycles. The monoisotopic (exact) mass is 1000 g/mol. The van der Waals surface area contributed by atoms with Crippen molar-refractivity contribution >= 4 is 34.9 Å². The van der Waals surface area contributed by atoms with E-state index in [-0.39, 0.29) is 102 Å². The van der Waals surface area contributed by atoms with Gasteiger partial charge in [0, 0.05) is 106 Å². The largest absolute Gasteiger partial charge is 0.507 e. The first kappa shape index (κ1) is 52.3. The Labute approximate surface area is 433 Å². The highest BCUT2D eigenvalue weighted by molar-refractivity contribution is 6.26. The Morgan fingerprint density at radius 3 is 1.32 bits per heavy atom. The molecular formula is C58H68N8O8. The maximum Gasteiger partial charge on any atom is 0.222 e. The summed E-state index contributed by atoms with van der Waals surface area (Å²) in [5, 5.41) is 49.4. The second kappa shape index (κ2) is 19.0. The lowest BCUT2D eigenvalue weighted by Crippen LogP contribution is -2.71.